The van der Waals surface area contributed by atoms with Crippen LogP contribution >= 0.6 is 11.6 Å². The molecule has 2 aromatic carbocycles. The lowest BCUT2D eigenvalue weighted by molar-refractivity contribution is -0.138. The van der Waals surface area contributed by atoms with Gasteiger partial charge in [0, 0.05) is 18.4 Å². The molecule has 4 rings (SSSR count). The molecule has 0 saturated carbocycles. The number of rotatable bonds is 7. The maximum absolute atomic E-state index is 13.1. The number of nitrogens with zero attached hydrogens (tertiary/aromatic N) is 3. The van der Waals surface area contributed by atoms with E-state index in [1.54, 1.807) is 24.3 Å². The maximum atomic E-state index is 13.1. The molecule has 0 saturated heterocycles. The summed E-state index contributed by atoms with van der Waals surface area (Å²) >= 11 is 6.14. The number of ether oxygens (including phenoxy) is 1. The van der Waals surface area contributed by atoms with Gasteiger partial charge in [0.15, 0.2) is 6.61 Å². The number of benzene rings is 2. The first-order valence-corrected chi connectivity index (χ1v) is 9.88. The number of aromatic amines is 1. The van der Waals surface area contributed by atoms with Crippen molar-refractivity contribution in [3.05, 3.63) is 63.3 Å². The van der Waals surface area contributed by atoms with Gasteiger partial charge < -0.3 is 14.8 Å². The fourth-order valence-electron chi connectivity index (χ4n) is 3.29. The summed E-state index contributed by atoms with van der Waals surface area (Å²) < 4.78 is 32.2. The number of fused-ring (bicyclic) bond motifs is 2. The first-order valence-electron chi connectivity index (χ1n) is 9.50. The van der Waals surface area contributed by atoms with E-state index in [4.69, 9.17) is 21.4 Å². The lowest BCUT2D eigenvalue weighted by Crippen LogP contribution is -2.28. The van der Waals surface area contributed by atoms with Gasteiger partial charge in [-0.1, -0.05) is 29.8 Å². The number of alkyl halides is 2. The van der Waals surface area contributed by atoms with Gasteiger partial charge in [-0.15, -0.1) is 0 Å². The Hall–Kier alpha value is -3.53. The average Bonchev–Trinajstić information content (AvgIpc) is 3.09. The topological polar surface area (TPSA) is 110 Å². The quantitative estimate of drug-likeness (QED) is 0.434. The highest BCUT2D eigenvalue weighted by Crippen LogP contribution is 2.30. The van der Waals surface area contributed by atoms with Crippen LogP contribution in [-0.2, 0) is 17.8 Å². The Kier molecular flexibility index (Phi) is 5.55. The number of imidazole rings is 1. The number of H-pyrrole nitrogens is 1. The molecule has 11 heteroatoms. The van der Waals surface area contributed by atoms with Crippen LogP contribution in [0.3, 0.4) is 0 Å². The van der Waals surface area contributed by atoms with E-state index >= 15 is 0 Å². The zero-order chi connectivity index (χ0) is 23.0. The molecule has 0 amide bonds. The predicted molar refractivity (Wildman–Crippen MR) is 114 cm³/mol. The average molecular weight is 463 g/mol. The van der Waals surface area contributed by atoms with Crippen LogP contribution in [0, 0.1) is 0 Å². The second kappa shape index (κ2) is 8.19. The van der Waals surface area contributed by atoms with Gasteiger partial charge in [-0.3, -0.25) is 9.59 Å². The van der Waals surface area contributed by atoms with Gasteiger partial charge in [0.1, 0.15) is 18.1 Å². The minimum atomic E-state index is -3.01. The van der Waals surface area contributed by atoms with E-state index < -0.39 is 30.6 Å². The van der Waals surface area contributed by atoms with Gasteiger partial charge >= 0.3 is 5.97 Å². The molecule has 0 radical (unpaired) electrons. The lowest BCUT2D eigenvalue weighted by atomic mass is 10.1. The van der Waals surface area contributed by atoms with E-state index in [1.165, 1.54) is 12.1 Å². The van der Waals surface area contributed by atoms with Gasteiger partial charge in [0.05, 0.1) is 33.6 Å². The monoisotopic (exact) mass is 462 g/mol. The third-order valence-electron chi connectivity index (χ3n) is 4.63. The van der Waals surface area contributed by atoms with Crippen LogP contribution in [0.5, 0.6) is 5.75 Å². The Balaban J connectivity index is 1.72. The number of hydrogen-bond acceptors (Lipinski definition) is 5. The first-order chi connectivity index (χ1) is 15.1. The zero-order valence-electron chi connectivity index (χ0n) is 16.7. The summed E-state index contributed by atoms with van der Waals surface area (Å²) in [6.45, 7) is -0.649. The normalized spacial score (nSPS) is 11.9. The number of halogens is 3. The van der Waals surface area contributed by atoms with E-state index in [1.807, 2.05) is 0 Å². The summed E-state index contributed by atoms with van der Waals surface area (Å²) in [6, 6.07) is 9.74. The highest BCUT2D eigenvalue weighted by atomic mass is 35.5. The molecular weight excluding hydrogens is 446 g/mol. The van der Waals surface area contributed by atoms with Gasteiger partial charge in [-0.2, -0.15) is 5.10 Å². The van der Waals surface area contributed by atoms with E-state index in [0.29, 0.717) is 33.3 Å². The molecule has 0 unspecified atom stereocenters. The van der Waals surface area contributed by atoms with E-state index in [0.717, 1.165) is 11.6 Å². The van der Waals surface area contributed by atoms with Crippen molar-refractivity contribution < 1.29 is 23.4 Å². The summed E-state index contributed by atoms with van der Waals surface area (Å²) in [5.41, 5.74) is 0.956. The molecule has 32 heavy (non-hydrogen) atoms. The van der Waals surface area contributed by atoms with Crippen LogP contribution in [-0.4, -0.2) is 43.4 Å². The Morgan fingerprint density at radius 1 is 1.28 bits per heavy atom. The van der Waals surface area contributed by atoms with Crippen LogP contribution in [0.2, 0.25) is 5.02 Å². The molecule has 0 atom stereocenters. The summed E-state index contributed by atoms with van der Waals surface area (Å²) in [5, 5.41) is 14.4. The van der Waals surface area contributed by atoms with Crippen LogP contribution in [0.4, 0.5) is 8.78 Å². The molecule has 0 fully saturated rings. The third-order valence-corrected chi connectivity index (χ3v) is 4.93. The Morgan fingerprint density at radius 3 is 2.69 bits per heavy atom. The largest absolute Gasteiger partial charge is 0.486 e. The summed E-state index contributed by atoms with van der Waals surface area (Å²) in [5.74, 6) is -3.64. The molecule has 0 aliphatic heterocycles. The number of aromatic nitrogens is 4. The molecule has 8 nitrogen and oxygen atoms in total. The molecule has 0 aliphatic rings. The number of aliphatic carboxylic acids is 1. The standard InChI is InChI=1S/C21H17ClF2N4O4/c1-21(23,24)10-32-17-7-16-15(6-13(17)22)25-18(26-16)8-14-11-4-2-3-5-12(11)20(31)28(27-14)9-19(29)30/h2-7H,8-10H2,1H3,(H,25,26)(H,29,30). The van der Waals surface area contributed by atoms with Crippen LogP contribution in [0.25, 0.3) is 21.8 Å². The van der Waals surface area contributed by atoms with Crippen molar-refractivity contribution in [1.29, 1.82) is 0 Å². The van der Waals surface area contributed by atoms with E-state index in [9.17, 15) is 18.4 Å². The number of carboxylic acids is 1. The molecule has 2 N–H and O–H groups in total. The van der Waals surface area contributed by atoms with Gasteiger partial charge in [-0.25, -0.2) is 18.4 Å². The molecule has 4 aromatic rings. The number of nitrogens with one attached hydrogen (secondary N) is 1. The molecule has 0 aliphatic carbocycles. The second-order valence-corrected chi connectivity index (χ2v) is 7.77. The van der Waals surface area contributed by atoms with Crippen molar-refractivity contribution in [2.75, 3.05) is 6.61 Å². The fraction of sp³-hybridized carbons (Fsp3) is 0.238. The van der Waals surface area contributed by atoms with Crippen LogP contribution < -0.4 is 10.3 Å². The Bertz CT molecular complexity index is 1390. The van der Waals surface area contributed by atoms with Crippen LogP contribution in [0.15, 0.2) is 41.2 Å². The minimum absolute atomic E-state index is 0.0921. The van der Waals surface area contributed by atoms with Crippen molar-refractivity contribution in [2.45, 2.75) is 25.8 Å². The van der Waals surface area contributed by atoms with E-state index in [2.05, 4.69) is 15.1 Å². The van der Waals surface area contributed by atoms with Gasteiger partial charge in [0.25, 0.3) is 11.5 Å². The molecule has 2 heterocycles. The summed E-state index contributed by atoms with van der Waals surface area (Å²) in [4.78, 5) is 31.2. The molecule has 0 bridgehead atoms. The third kappa shape index (κ3) is 4.54. The molecule has 166 valence electrons. The zero-order valence-corrected chi connectivity index (χ0v) is 17.5. The van der Waals surface area contributed by atoms with Crippen molar-refractivity contribution in [2.24, 2.45) is 0 Å². The molecule has 0 spiro atoms. The van der Waals surface area contributed by atoms with Gasteiger partial charge in [0.2, 0.25) is 0 Å². The summed E-state index contributed by atoms with van der Waals surface area (Å²) in [6.07, 6.45) is 0.163. The maximum Gasteiger partial charge on any atom is 0.325 e. The van der Waals surface area contributed by atoms with Crippen molar-refractivity contribution in [3.8, 4) is 5.75 Å². The Morgan fingerprint density at radius 2 is 2.00 bits per heavy atom. The lowest BCUT2D eigenvalue weighted by Gasteiger charge is -2.12. The highest BCUT2D eigenvalue weighted by molar-refractivity contribution is 6.32. The van der Waals surface area contributed by atoms with Gasteiger partial charge in [-0.05, 0) is 12.1 Å². The Labute approximate surface area is 184 Å². The smallest absolute Gasteiger partial charge is 0.325 e. The van der Waals surface area contributed by atoms with Crippen molar-refractivity contribution >= 4 is 39.4 Å². The number of carboxylic acid groups (broad SMARTS) is 1. The predicted octanol–water partition coefficient (Wildman–Crippen LogP) is 3.64. The minimum Gasteiger partial charge on any atom is -0.486 e. The highest BCUT2D eigenvalue weighted by Gasteiger charge is 2.23. The number of carbonyl (C=O) groups is 1. The van der Waals surface area contributed by atoms with Crippen LogP contribution in [0.1, 0.15) is 18.4 Å². The van der Waals surface area contributed by atoms with E-state index in [-0.39, 0.29) is 17.2 Å². The van der Waals surface area contributed by atoms with Crippen molar-refractivity contribution in [3.63, 3.8) is 0 Å². The summed E-state index contributed by atoms with van der Waals surface area (Å²) in [7, 11) is 0. The molecular formula is C21H17ClF2N4O4. The SMILES string of the molecule is CC(F)(F)COc1cc2[nH]c(Cc3nn(CC(=O)O)c(=O)c4ccccc34)nc2cc1Cl. The first kappa shape index (κ1) is 21.7. The van der Waals surface area contributed by atoms with Crippen molar-refractivity contribution in [1.82, 2.24) is 19.7 Å². The fourth-order valence-corrected chi connectivity index (χ4v) is 3.51. The molecule has 2 aromatic heterocycles. The second-order valence-electron chi connectivity index (χ2n) is 7.37. The number of hydrogen-bond donors (Lipinski definition) is 2.